The number of hydrogen-bond acceptors (Lipinski definition) is 2. The van der Waals surface area contributed by atoms with Gasteiger partial charge in [-0.2, -0.15) is 0 Å². The second kappa shape index (κ2) is 5.80. The van der Waals surface area contributed by atoms with Crippen LogP contribution in [0.5, 0.6) is 0 Å². The summed E-state index contributed by atoms with van der Waals surface area (Å²) >= 11 is 0. The van der Waals surface area contributed by atoms with Crippen LogP contribution in [0.1, 0.15) is 12.5 Å². The Morgan fingerprint density at radius 2 is 1.79 bits per heavy atom. The van der Waals surface area contributed by atoms with Gasteiger partial charge in [-0.3, -0.25) is 0 Å². The Morgan fingerprint density at radius 1 is 1.05 bits per heavy atom. The molecule has 2 rings (SSSR count). The van der Waals surface area contributed by atoms with E-state index in [9.17, 15) is 8.78 Å². The predicted molar refractivity (Wildman–Crippen MR) is 73.4 cm³/mol. The summed E-state index contributed by atoms with van der Waals surface area (Å²) in [7, 11) is 0. The minimum atomic E-state index is -0.320. The van der Waals surface area contributed by atoms with Gasteiger partial charge >= 0.3 is 0 Å². The van der Waals surface area contributed by atoms with Gasteiger partial charge in [-0.15, -0.1) is 0 Å². The molecule has 2 aromatic carbocycles. The third kappa shape index (κ3) is 2.90. The minimum Gasteiger partial charge on any atom is -0.341 e. The summed E-state index contributed by atoms with van der Waals surface area (Å²) in [6, 6.07) is 10.8. The molecule has 0 aliphatic rings. The van der Waals surface area contributed by atoms with Gasteiger partial charge in [0.25, 0.3) is 0 Å². The smallest absolute Gasteiger partial charge is 0.125 e. The van der Waals surface area contributed by atoms with Crippen LogP contribution in [-0.4, -0.2) is 6.54 Å². The molecule has 0 saturated heterocycles. The van der Waals surface area contributed by atoms with Crippen LogP contribution in [0.25, 0.3) is 0 Å². The van der Waals surface area contributed by atoms with Crippen LogP contribution in [0.15, 0.2) is 42.5 Å². The van der Waals surface area contributed by atoms with E-state index in [1.54, 1.807) is 12.1 Å². The van der Waals surface area contributed by atoms with Gasteiger partial charge < -0.3 is 10.6 Å². The van der Waals surface area contributed by atoms with E-state index >= 15 is 0 Å². The van der Waals surface area contributed by atoms with Crippen molar-refractivity contribution in [1.29, 1.82) is 0 Å². The zero-order chi connectivity index (χ0) is 13.8. The second-order valence-corrected chi connectivity index (χ2v) is 4.20. The summed E-state index contributed by atoms with van der Waals surface area (Å²) in [6.07, 6.45) is 0. The lowest BCUT2D eigenvalue weighted by Gasteiger charge is -2.25. The van der Waals surface area contributed by atoms with Gasteiger partial charge in [-0.1, -0.05) is 6.07 Å². The maximum Gasteiger partial charge on any atom is 0.125 e. The van der Waals surface area contributed by atoms with Crippen molar-refractivity contribution in [3.8, 4) is 0 Å². The molecule has 0 amide bonds. The Kier molecular flexibility index (Phi) is 4.12. The number of anilines is 2. The number of nitrogens with zero attached hydrogens (tertiary/aromatic N) is 1. The predicted octanol–water partition coefficient (Wildman–Crippen LogP) is 3.58. The van der Waals surface area contributed by atoms with E-state index in [0.717, 1.165) is 11.4 Å². The first-order valence-corrected chi connectivity index (χ1v) is 6.17. The molecule has 0 saturated carbocycles. The third-order valence-corrected chi connectivity index (χ3v) is 2.99. The average Bonchev–Trinajstić information content (AvgIpc) is 2.41. The fourth-order valence-electron chi connectivity index (χ4n) is 2.12. The molecule has 0 spiro atoms. The first-order chi connectivity index (χ1) is 9.15. The monoisotopic (exact) mass is 262 g/mol. The van der Waals surface area contributed by atoms with Gasteiger partial charge in [0.15, 0.2) is 0 Å². The number of benzene rings is 2. The second-order valence-electron chi connectivity index (χ2n) is 4.20. The molecule has 100 valence electrons. The zero-order valence-electron chi connectivity index (χ0n) is 10.7. The van der Waals surface area contributed by atoms with Crippen molar-refractivity contribution in [2.75, 3.05) is 11.4 Å². The van der Waals surface area contributed by atoms with Gasteiger partial charge in [0.1, 0.15) is 11.6 Å². The summed E-state index contributed by atoms with van der Waals surface area (Å²) in [6.45, 7) is 2.83. The van der Waals surface area contributed by atoms with E-state index in [-0.39, 0.29) is 18.2 Å². The van der Waals surface area contributed by atoms with Gasteiger partial charge in [-0.05, 0) is 48.9 Å². The van der Waals surface area contributed by atoms with Gasteiger partial charge in [0.2, 0.25) is 0 Å². The standard InChI is InChI=1S/C15H16F2N2/c1-2-19(14-5-3-4-12(16)9-14)15-7-6-13(17)8-11(15)10-18/h3-9H,2,10,18H2,1H3. The molecule has 0 aliphatic heterocycles. The molecule has 0 heterocycles. The van der Waals surface area contributed by atoms with Crippen molar-refractivity contribution in [2.45, 2.75) is 13.5 Å². The Labute approximate surface area is 111 Å². The van der Waals surface area contributed by atoms with Crippen LogP contribution in [0.4, 0.5) is 20.2 Å². The van der Waals surface area contributed by atoms with Crippen molar-refractivity contribution in [3.05, 3.63) is 59.7 Å². The molecule has 0 aliphatic carbocycles. The number of hydrogen-bond donors (Lipinski definition) is 1. The topological polar surface area (TPSA) is 29.3 Å². The normalized spacial score (nSPS) is 10.5. The van der Waals surface area contributed by atoms with Crippen molar-refractivity contribution in [1.82, 2.24) is 0 Å². The van der Waals surface area contributed by atoms with Crippen LogP contribution in [0, 0.1) is 11.6 Å². The van der Waals surface area contributed by atoms with E-state index in [1.165, 1.54) is 24.3 Å². The minimum absolute atomic E-state index is 0.235. The zero-order valence-corrected chi connectivity index (χ0v) is 10.7. The van der Waals surface area contributed by atoms with E-state index < -0.39 is 0 Å². The van der Waals surface area contributed by atoms with E-state index in [2.05, 4.69) is 0 Å². The molecule has 0 radical (unpaired) electrons. The maximum atomic E-state index is 13.3. The number of halogens is 2. The highest BCUT2D eigenvalue weighted by molar-refractivity contribution is 5.66. The van der Waals surface area contributed by atoms with Crippen LogP contribution in [0.3, 0.4) is 0 Å². The summed E-state index contributed by atoms with van der Waals surface area (Å²) in [5, 5.41) is 0. The van der Waals surface area contributed by atoms with Crippen molar-refractivity contribution >= 4 is 11.4 Å². The third-order valence-electron chi connectivity index (χ3n) is 2.99. The molecule has 0 aromatic heterocycles. The Morgan fingerprint density at radius 3 is 2.42 bits per heavy atom. The van der Waals surface area contributed by atoms with E-state index in [0.29, 0.717) is 12.1 Å². The van der Waals surface area contributed by atoms with Crippen molar-refractivity contribution < 1.29 is 8.78 Å². The molecule has 2 N–H and O–H groups in total. The lowest BCUT2D eigenvalue weighted by Crippen LogP contribution is -2.19. The molecule has 19 heavy (non-hydrogen) atoms. The van der Waals surface area contributed by atoms with Gasteiger partial charge in [0.05, 0.1) is 0 Å². The highest BCUT2D eigenvalue weighted by Gasteiger charge is 2.12. The van der Waals surface area contributed by atoms with Crippen LogP contribution < -0.4 is 10.6 Å². The summed E-state index contributed by atoms with van der Waals surface area (Å²) < 4.78 is 26.5. The van der Waals surface area contributed by atoms with Crippen molar-refractivity contribution in [3.63, 3.8) is 0 Å². The first-order valence-electron chi connectivity index (χ1n) is 6.17. The summed E-state index contributed by atoms with van der Waals surface area (Å²) in [4.78, 5) is 1.91. The van der Waals surface area contributed by atoms with Crippen molar-refractivity contribution in [2.24, 2.45) is 5.73 Å². The molecule has 0 fully saturated rings. The molecule has 4 heteroatoms. The SMILES string of the molecule is CCN(c1cccc(F)c1)c1ccc(F)cc1CN. The Bertz CT molecular complexity index is 570. The Balaban J connectivity index is 2.48. The lowest BCUT2D eigenvalue weighted by molar-refractivity contribution is 0.624. The Hall–Kier alpha value is -1.94. The summed E-state index contributed by atoms with van der Waals surface area (Å²) in [5.41, 5.74) is 7.88. The van der Waals surface area contributed by atoms with E-state index in [1.807, 2.05) is 17.9 Å². The molecular weight excluding hydrogens is 246 g/mol. The average molecular weight is 262 g/mol. The molecule has 2 aromatic rings. The van der Waals surface area contributed by atoms with Gasteiger partial charge in [0, 0.05) is 24.5 Å². The van der Waals surface area contributed by atoms with Crippen LogP contribution in [0.2, 0.25) is 0 Å². The van der Waals surface area contributed by atoms with Crippen LogP contribution >= 0.6 is 0 Å². The lowest BCUT2D eigenvalue weighted by atomic mass is 10.1. The molecule has 0 atom stereocenters. The van der Waals surface area contributed by atoms with Gasteiger partial charge in [-0.25, -0.2) is 8.78 Å². The molecule has 0 unspecified atom stereocenters. The molecule has 0 bridgehead atoms. The first kappa shape index (κ1) is 13.5. The highest BCUT2D eigenvalue weighted by atomic mass is 19.1. The number of nitrogens with two attached hydrogens (primary N) is 1. The largest absolute Gasteiger partial charge is 0.341 e. The van der Waals surface area contributed by atoms with Crippen LogP contribution in [-0.2, 0) is 6.54 Å². The fourth-order valence-corrected chi connectivity index (χ4v) is 2.12. The molecular formula is C15H16F2N2. The molecule has 2 nitrogen and oxygen atoms in total. The van der Waals surface area contributed by atoms with E-state index in [4.69, 9.17) is 5.73 Å². The number of rotatable bonds is 4. The maximum absolute atomic E-state index is 13.3. The highest BCUT2D eigenvalue weighted by Crippen LogP contribution is 2.29. The summed E-state index contributed by atoms with van der Waals surface area (Å²) in [5.74, 6) is -0.619. The fraction of sp³-hybridized carbons (Fsp3) is 0.200. The quantitative estimate of drug-likeness (QED) is 0.912.